The Kier molecular flexibility index (Phi) is 4.71. The molecule has 0 atom stereocenters. The van der Waals surface area contributed by atoms with Gasteiger partial charge < -0.3 is 20.2 Å². The van der Waals surface area contributed by atoms with Crippen molar-refractivity contribution in [2.75, 3.05) is 16.8 Å². The maximum Gasteiger partial charge on any atom is 0.366 e. The molecule has 0 unspecified atom stereocenters. The minimum Gasteiger partial charge on any atom is -0.472 e. The van der Waals surface area contributed by atoms with Crippen molar-refractivity contribution >= 4 is 40.7 Å². The average Bonchev–Trinajstić information content (AvgIpc) is 2.60. The van der Waals surface area contributed by atoms with Gasteiger partial charge in [0, 0.05) is 16.8 Å². The van der Waals surface area contributed by atoms with Gasteiger partial charge in [0.05, 0.1) is 0 Å². The third-order valence-electron chi connectivity index (χ3n) is 3.82. The summed E-state index contributed by atoms with van der Waals surface area (Å²) in [4.78, 5) is 40.4. The number of hydrogen-bond donors (Lipinski definition) is 1. The number of amides is 2. The maximum absolute atomic E-state index is 12.7. The van der Waals surface area contributed by atoms with E-state index in [2.05, 4.69) is 10.3 Å². The Labute approximate surface area is 159 Å². The Hall–Kier alpha value is -3.20. The highest BCUT2D eigenvalue weighted by Crippen LogP contribution is 2.37. The number of nitrogens with zero attached hydrogens (tertiary/aromatic N) is 3. The zero-order valence-electron chi connectivity index (χ0n) is 14.4. The first-order valence-electron chi connectivity index (χ1n) is 7.89. The molecule has 10 heteroatoms. The van der Waals surface area contributed by atoms with Crippen LogP contribution in [-0.4, -0.2) is 33.9 Å². The van der Waals surface area contributed by atoms with Gasteiger partial charge in [-0.15, -0.1) is 0 Å². The van der Waals surface area contributed by atoms with Gasteiger partial charge >= 0.3 is 5.82 Å². The van der Waals surface area contributed by atoms with E-state index >= 15 is 0 Å². The number of carbonyl (C=O) groups excluding carboxylic acids is 2. The third kappa shape index (κ3) is 3.82. The zero-order valence-corrected chi connectivity index (χ0v) is 15.2. The van der Waals surface area contributed by atoms with Crippen molar-refractivity contribution in [2.24, 2.45) is 0 Å². The molecule has 2 aromatic rings. The molecule has 0 saturated carbocycles. The first kappa shape index (κ1) is 18.6. The standard InChI is InChI=1S/C17H15ClN4O5/c1-17(2)16(24)21(9-14(23)19-11-5-3-10(18)4-6-11)15-12(27-17)7-8-13(20-15)22(25)26/h3-8H,9H2,1-2H3,(H,19,23). The van der Waals surface area contributed by atoms with Crippen LogP contribution in [0.1, 0.15) is 13.8 Å². The van der Waals surface area contributed by atoms with E-state index in [4.69, 9.17) is 16.3 Å². The Bertz CT molecular complexity index is 929. The fourth-order valence-corrected chi connectivity index (χ4v) is 2.69. The van der Waals surface area contributed by atoms with Crippen molar-refractivity contribution < 1.29 is 19.2 Å². The highest BCUT2D eigenvalue weighted by molar-refractivity contribution is 6.30. The van der Waals surface area contributed by atoms with Crippen LogP contribution in [0.2, 0.25) is 5.02 Å². The van der Waals surface area contributed by atoms with Crippen LogP contribution in [0.5, 0.6) is 5.75 Å². The molecule has 2 amide bonds. The minimum atomic E-state index is -1.24. The van der Waals surface area contributed by atoms with Crippen LogP contribution in [0.4, 0.5) is 17.3 Å². The number of pyridine rings is 1. The van der Waals surface area contributed by atoms with E-state index in [-0.39, 0.29) is 18.1 Å². The number of anilines is 2. The third-order valence-corrected chi connectivity index (χ3v) is 4.07. The normalized spacial score (nSPS) is 14.9. The molecule has 1 aromatic carbocycles. The van der Waals surface area contributed by atoms with Crippen LogP contribution in [0.3, 0.4) is 0 Å². The molecule has 0 spiro atoms. The van der Waals surface area contributed by atoms with Gasteiger partial charge in [-0.2, -0.15) is 0 Å². The van der Waals surface area contributed by atoms with Crippen LogP contribution in [0, 0.1) is 10.1 Å². The fraction of sp³-hybridized carbons (Fsp3) is 0.235. The molecular weight excluding hydrogens is 376 g/mol. The summed E-state index contributed by atoms with van der Waals surface area (Å²) in [5.41, 5.74) is -0.748. The zero-order chi connectivity index (χ0) is 19.8. The number of halogens is 1. The fourth-order valence-electron chi connectivity index (χ4n) is 2.56. The number of nitrogens with one attached hydrogen (secondary N) is 1. The van der Waals surface area contributed by atoms with Crippen molar-refractivity contribution in [1.29, 1.82) is 0 Å². The second-order valence-electron chi connectivity index (χ2n) is 6.31. The Balaban J connectivity index is 1.89. The first-order valence-corrected chi connectivity index (χ1v) is 8.27. The van der Waals surface area contributed by atoms with E-state index in [1.165, 1.54) is 12.1 Å². The molecule has 27 heavy (non-hydrogen) atoms. The number of hydrogen-bond acceptors (Lipinski definition) is 6. The summed E-state index contributed by atoms with van der Waals surface area (Å²) in [6.45, 7) is 2.71. The predicted molar refractivity (Wildman–Crippen MR) is 98.0 cm³/mol. The number of carbonyl (C=O) groups is 2. The summed E-state index contributed by atoms with van der Waals surface area (Å²) >= 11 is 5.81. The highest BCUT2D eigenvalue weighted by Gasteiger charge is 2.45. The van der Waals surface area contributed by atoms with E-state index in [0.717, 1.165) is 4.90 Å². The van der Waals surface area contributed by atoms with Crippen molar-refractivity contribution in [3.63, 3.8) is 0 Å². The molecule has 2 heterocycles. The van der Waals surface area contributed by atoms with Crippen molar-refractivity contribution in [1.82, 2.24) is 4.98 Å². The van der Waals surface area contributed by atoms with Gasteiger partial charge in [0.2, 0.25) is 5.91 Å². The smallest absolute Gasteiger partial charge is 0.366 e. The lowest BCUT2D eigenvalue weighted by atomic mass is 10.1. The Morgan fingerprint density at radius 2 is 1.96 bits per heavy atom. The molecule has 0 radical (unpaired) electrons. The molecular formula is C17H15ClN4O5. The first-order chi connectivity index (χ1) is 12.7. The SMILES string of the molecule is CC1(C)Oc2ccc([N+](=O)[O-])nc2N(CC(=O)Nc2ccc(Cl)cc2)C1=O. The number of rotatable bonds is 4. The van der Waals surface area contributed by atoms with Crippen LogP contribution >= 0.6 is 11.6 Å². The molecule has 1 N–H and O–H groups in total. The summed E-state index contributed by atoms with van der Waals surface area (Å²) in [6.07, 6.45) is 0. The molecule has 1 aliphatic heterocycles. The number of nitro groups is 1. The number of ether oxygens (including phenoxy) is 1. The van der Waals surface area contributed by atoms with Crippen LogP contribution in [-0.2, 0) is 9.59 Å². The second-order valence-corrected chi connectivity index (χ2v) is 6.74. The van der Waals surface area contributed by atoms with Gasteiger partial charge in [0.15, 0.2) is 11.4 Å². The lowest BCUT2D eigenvalue weighted by Gasteiger charge is -2.35. The quantitative estimate of drug-likeness (QED) is 0.634. The van der Waals surface area contributed by atoms with E-state index in [0.29, 0.717) is 10.7 Å². The van der Waals surface area contributed by atoms with E-state index in [9.17, 15) is 19.7 Å². The van der Waals surface area contributed by atoms with Crippen LogP contribution in [0.15, 0.2) is 36.4 Å². The molecule has 0 fully saturated rings. The summed E-state index contributed by atoms with van der Waals surface area (Å²) in [7, 11) is 0. The lowest BCUT2D eigenvalue weighted by molar-refractivity contribution is -0.389. The largest absolute Gasteiger partial charge is 0.472 e. The average molecular weight is 391 g/mol. The van der Waals surface area contributed by atoms with Gasteiger partial charge in [-0.3, -0.25) is 14.5 Å². The predicted octanol–water partition coefficient (Wildman–Crippen LogP) is 2.79. The second kappa shape index (κ2) is 6.84. The van der Waals surface area contributed by atoms with Crippen LogP contribution in [0.25, 0.3) is 0 Å². The van der Waals surface area contributed by atoms with Gasteiger partial charge in [0.25, 0.3) is 11.7 Å². The summed E-state index contributed by atoms with van der Waals surface area (Å²) < 4.78 is 5.59. The molecule has 140 valence electrons. The van der Waals surface area contributed by atoms with Gasteiger partial charge in [-0.25, -0.2) is 0 Å². The summed E-state index contributed by atoms with van der Waals surface area (Å²) in [5, 5.41) is 14.2. The number of fused-ring (bicyclic) bond motifs is 1. The van der Waals surface area contributed by atoms with Gasteiger partial charge in [0.1, 0.15) is 6.54 Å². The molecule has 0 bridgehead atoms. The molecule has 0 saturated heterocycles. The molecule has 0 aliphatic carbocycles. The number of aromatic nitrogens is 1. The lowest BCUT2D eigenvalue weighted by Crippen LogP contribution is -2.54. The summed E-state index contributed by atoms with van der Waals surface area (Å²) in [5.74, 6) is -1.37. The highest BCUT2D eigenvalue weighted by atomic mass is 35.5. The van der Waals surface area contributed by atoms with Crippen molar-refractivity contribution in [2.45, 2.75) is 19.4 Å². The monoisotopic (exact) mass is 390 g/mol. The topological polar surface area (TPSA) is 115 Å². The van der Waals surface area contributed by atoms with Gasteiger partial charge in [-0.1, -0.05) is 11.6 Å². The Morgan fingerprint density at radius 1 is 1.30 bits per heavy atom. The molecule has 1 aliphatic rings. The summed E-state index contributed by atoms with van der Waals surface area (Å²) in [6, 6.07) is 8.99. The van der Waals surface area contributed by atoms with Crippen molar-refractivity contribution in [3.8, 4) is 5.75 Å². The molecule has 3 rings (SSSR count). The minimum absolute atomic E-state index is 0.0696. The van der Waals surface area contributed by atoms with E-state index < -0.39 is 28.2 Å². The number of benzene rings is 1. The van der Waals surface area contributed by atoms with Crippen LogP contribution < -0.4 is 15.0 Å². The van der Waals surface area contributed by atoms with E-state index in [1.54, 1.807) is 38.1 Å². The Morgan fingerprint density at radius 3 is 2.59 bits per heavy atom. The van der Waals surface area contributed by atoms with Gasteiger partial charge in [-0.05, 0) is 54.1 Å². The molecule has 1 aromatic heterocycles. The van der Waals surface area contributed by atoms with E-state index in [1.807, 2.05) is 0 Å². The maximum atomic E-state index is 12.7. The van der Waals surface area contributed by atoms with Crippen molar-refractivity contribution in [3.05, 3.63) is 51.5 Å². The molecule has 9 nitrogen and oxygen atoms in total.